The molecule has 0 aliphatic rings. The van der Waals surface area contributed by atoms with Crippen LogP contribution in [0.25, 0.3) is 0 Å². The highest BCUT2D eigenvalue weighted by Gasteiger charge is 2.43. The van der Waals surface area contributed by atoms with Crippen molar-refractivity contribution in [1.29, 1.82) is 0 Å². The summed E-state index contributed by atoms with van der Waals surface area (Å²) >= 11 is 0. The Bertz CT molecular complexity index is 319. The van der Waals surface area contributed by atoms with Gasteiger partial charge in [0.05, 0.1) is 0 Å². The summed E-state index contributed by atoms with van der Waals surface area (Å²) < 4.78 is 38.3. The Morgan fingerprint density at radius 2 is 1.68 bits per heavy atom. The van der Waals surface area contributed by atoms with Crippen molar-refractivity contribution in [3.05, 3.63) is 0 Å². The number of nitrogens with zero attached hydrogens (tertiary/aromatic N) is 1. The fourth-order valence-electron chi connectivity index (χ4n) is 2.22. The smallest absolute Gasteiger partial charge is 0.400 e. The van der Waals surface area contributed by atoms with Gasteiger partial charge in [-0.25, -0.2) is 0 Å². The lowest BCUT2D eigenvalue weighted by Crippen LogP contribution is -2.50. The molecule has 0 radical (unpaired) electrons. The summed E-state index contributed by atoms with van der Waals surface area (Å²) in [5, 5.41) is 13.7. The second kappa shape index (κ2) is 5.98. The normalized spacial score (nSPS) is 16.5. The molecule has 1 unspecified atom stereocenters. The fraction of sp³-hybridized carbons (Fsp3) is 0.917. The highest BCUT2D eigenvalue weighted by Crippen LogP contribution is 2.29. The predicted molar refractivity (Wildman–Crippen MR) is 69.1 cm³/mol. The molecule has 0 aromatic heterocycles. The van der Waals surface area contributed by atoms with E-state index in [9.17, 15) is 13.2 Å². The third kappa shape index (κ3) is 7.25. The molecule has 7 heteroatoms. The second-order valence-corrected chi connectivity index (χ2v) is 6.62. The average Bonchev–Trinajstić information content (AvgIpc) is 2.10. The van der Waals surface area contributed by atoms with Crippen LogP contribution in [0.1, 0.15) is 41.0 Å². The third-order valence-electron chi connectivity index (χ3n) is 2.62. The molecule has 4 nitrogen and oxygen atoms in total. The van der Waals surface area contributed by atoms with E-state index in [4.69, 9.17) is 10.9 Å². The number of hydrogen-bond donors (Lipinski definition) is 3. The quantitative estimate of drug-likeness (QED) is 0.314. The molecule has 1 atom stereocenters. The summed E-state index contributed by atoms with van der Waals surface area (Å²) in [6.07, 6.45) is -3.85. The Kier molecular flexibility index (Phi) is 5.67. The SMILES string of the molecule is CC(C)(C)CC(C)(C)NCC(C(N)=NO)C(F)(F)F. The van der Waals surface area contributed by atoms with Gasteiger partial charge >= 0.3 is 6.18 Å². The average molecular weight is 283 g/mol. The van der Waals surface area contributed by atoms with E-state index >= 15 is 0 Å². The molecular formula is C12H24F3N3O. The van der Waals surface area contributed by atoms with Gasteiger partial charge in [0.25, 0.3) is 0 Å². The van der Waals surface area contributed by atoms with E-state index in [1.807, 2.05) is 34.6 Å². The van der Waals surface area contributed by atoms with E-state index in [-0.39, 0.29) is 5.41 Å². The van der Waals surface area contributed by atoms with Crippen molar-refractivity contribution in [3.8, 4) is 0 Å². The maximum Gasteiger partial charge on any atom is 0.400 e. The topological polar surface area (TPSA) is 70.6 Å². The van der Waals surface area contributed by atoms with Crippen molar-refractivity contribution < 1.29 is 18.4 Å². The fourth-order valence-corrected chi connectivity index (χ4v) is 2.22. The monoisotopic (exact) mass is 283 g/mol. The number of amidine groups is 1. The van der Waals surface area contributed by atoms with Gasteiger partial charge in [-0.3, -0.25) is 0 Å². The molecule has 0 aliphatic carbocycles. The number of alkyl halides is 3. The molecular weight excluding hydrogens is 259 g/mol. The second-order valence-electron chi connectivity index (χ2n) is 6.62. The van der Waals surface area contributed by atoms with Gasteiger partial charge in [-0.05, 0) is 25.7 Å². The molecule has 0 aromatic rings. The first-order chi connectivity index (χ1) is 8.28. The number of oxime groups is 1. The Labute approximate surface area is 112 Å². The van der Waals surface area contributed by atoms with Gasteiger partial charge in [-0.1, -0.05) is 25.9 Å². The van der Waals surface area contributed by atoms with Gasteiger partial charge in [0, 0.05) is 12.1 Å². The van der Waals surface area contributed by atoms with E-state index in [1.165, 1.54) is 0 Å². The van der Waals surface area contributed by atoms with Crippen LogP contribution >= 0.6 is 0 Å². The Morgan fingerprint density at radius 3 is 2.00 bits per heavy atom. The molecule has 0 aliphatic heterocycles. The molecule has 0 saturated heterocycles. The zero-order chi connectivity index (χ0) is 15.5. The van der Waals surface area contributed by atoms with Gasteiger partial charge < -0.3 is 16.3 Å². The Hall–Kier alpha value is -0.980. The Morgan fingerprint density at radius 1 is 1.21 bits per heavy atom. The van der Waals surface area contributed by atoms with Crippen LogP contribution in [0, 0.1) is 11.3 Å². The molecule has 0 aromatic carbocycles. The van der Waals surface area contributed by atoms with Crippen LogP contribution in [0.3, 0.4) is 0 Å². The predicted octanol–water partition coefficient (Wildman–Crippen LogP) is 2.72. The van der Waals surface area contributed by atoms with Crippen LogP contribution in [0.2, 0.25) is 0 Å². The number of nitrogens with one attached hydrogen (secondary N) is 1. The lowest BCUT2D eigenvalue weighted by atomic mass is 9.81. The molecule has 0 saturated carbocycles. The molecule has 0 bridgehead atoms. The van der Waals surface area contributed by atoms with Crippen LogP contribution in [0.5, 0.6) is 0 Å². The number of rotatable bonds is 5. The summed E-state index contributed by atoms with van der Waals surface area (Å²) in [6.45, 7) is 9.29. The van der Waals surface area contributed by atoms with Crippen molar-refractivity contribution in [3.63, 3.8) is 0 Å². The lowest BCUT2D eigenvalue weighted by Gasteiger charge is -2.35. The molecule has 0 amide bonds. The molecule has 0 spiro atoms. The van der Waals surface area contributed by atoms with Gasteiger partial charge in [-0.15, -0.1) is 0 Å². The maximum absolute atomic E-state index is 12.8. The number of hydrogen-bond acceptors (Lipinski definition) is 3. The highest BCUT2D eigenvalue weighted by molar-refractivity contribution is 5.83. The lowest BCUT2D eigenvalue weighted by molar-refractivity contribution is -0.155. The molecule has 0 heterocycles. The first-order valence-electron chi connectivity index (χ1n) is 6.08. The van der Waals surface area contributed by atoms with Crippen molar-refractivity contribution in [2.75, 3.05) is 6.54 Å². The molecule has 4 N–H and O–H groups in total. The van der Waals surface area contributed by atoms with Gasteiger partial charge in [-0.2, -0.15) is 13.2 Å². The minimum atomic E-state index is -4.54. The zero-order valence-electron chi connectivity index (χ0n) is 12.1. The van der Waals surface area contributed by atoms with Crippen LogP contribution in [-0.2, 0) is 0 Å². The molecule has 114 valence electrons. The van der Waals surface area contributed by atoms with E-state index in [1.54, 1.807) is 0 Å². The van der Waals surface area contributed by atoms with Crippen LogP contribution in [-0.4, -0.2) is 29.3 Å². The van der Waals surface area contributed by atoms with Crippen LogP contribution < -0.4 is 11.1 Å². The van der Waals surface area contributed by atoms with Crippen molar-refractivity contribution in [1.82, 2.24) is 5.32 Å². The third-order valence-corrected chi connectivity index (χ3v) is 2.62. The first-order valence-corrected chi connectivity index (χ1v) is 6.08. The number of nitrogens with two attached hydrogens (primary N) is 1. The molecule has 0 rings (SSSR count). The minimum absolute atomic E-state index is 0.0131. The summed E-state index contributed by atoms with van der Waals surface area (Å²) in [4.78, 5) is 0. The first kappa shape index (κ1) is 18.0. The maximum atomic E-state index is 12.8. The van der Waals surface area contributed by atoms with Gasteiger partial charge in [0.1, 0.15) is 5.92 Å². The summed E-state index contributed by atoms with van der Waals surface area (Å²) in [5.41, 5.74) is 4.61. The van der Waals surface area contributed by atoms with Gasteiger partial charge in [0.15, 0.2) is 5.84 Å². The van der Waals surface area contributed by atoms with Crippen molar-refractivity contribution in [2.45, 2.75) is 52.8 Å². The van der Waals surface area contributed by atoms with Crippen molar-refractivity contribution in [2.24, 2.45) is 22.2 Å². The minimum Gasteiger partial charge on any atom is -0.409 e. The van der Waals surface area contributed by atoms with Gasteiger partial charge in [0.2, 0.25) is 0 Å². The summed E-state index contributed by atoms with van der Waals surface area (Å²) in [5.74, 6) is -2.82. The van der Waals surface area contributed by atoms with Crippen LogP contribution in [0.4, 0.5) is 13.2 Å². The largest absolute Gasteiger partial charge is 0.409 e. The highest BCUT2D eigenvalue weighted by atomic mass is 19.4. The van der Waals surface area contributed by atoms with Crippen molar-refractivity contribution >= 4 is 5.84 Å². The number of halogens is 3. The molecule has 0 fully saturated rings. The van der Waals surface area contributed by atoms with E-state index in [2.05, 4.69) is 10.5 Å². The summed E-state index contributed by atoms with van der Waals surface area (Å²) in [6, 6.07) is 0. The Balaban J connectivity index is 4.74. The van der Waals surface area contributed by atoms with E-state index < -0.39 is 30.0 Å². The molecule has 19 heavy (non-hydrogen) atoms. The summed E-state index contributed by atoms with van der Waals surface area (Å²) in [7, 11) is 0. The van der Waals surface area contributed by atoms with Crippen LogP contribution in [0.15, 0.2) is 5.16 Å². The van der Waals surface area contributed by atoms with E-state index in [0.29, 0.717) is 6.42 Å². The van der Waals surface area contributed by atoms with E-state index in [0.717, 1.165) is 0 Å². The standard InChI is InChI=1S/C12H24F3N3O/c1-10(2,3)7-11(4,5)17-6-8(9(16)18-19)12(13,14)15/h8,17,19H,6-7H2,1-5H3,(H2,16,18). The zero-order valence-corrected chi connectivity index (χ0v) is 12.1.